The number of nitrogens with one attached hydrogen (secondary N) is 2. The second-order valence-corrected chi connectivity index (χ2v) is 5.36. The fraction of sp³-hybridized carbons (Fsp3) is 0.312. The van der Waals surface area contributed by atoms with Crippen molar-refractivity contribution in [2.75, 3.05) is 10.6 Å². The molecule has 23 heavy (non-hydrogen) atoms. The lowest BCUT2D eigenvalue weighted by atomic mass is 9.82. The number of carboxylic acids is 1. The first kappa shape index (κ1) is 16.7. The summed E-state index contributed by atoms with van der Waals surface area (Å²) in [6, 6.07) is 3.79. The van der Waals surface area contributed by atoms with Crippen LogP contribution in [-0.2, 0) is 14.4 Å². The highest BCUT2D eigenvalue weighted by molar-refractivity contribution is 5.96. The zero-order chi connectivity index (χ0) is 17.0. The number of hydrogen-bond acceptors (Lipinski definition) is 3. The van der Waals surface area contributed by atoms with Gasteiger partial charge >= 0.3 is 5.97 Å². The van der Waals surface area contributed by atoms with Gasteiger partial charge in [0.2, 0.25) is 11.8 Å². The van der Waals surface area contributed by atoms with Crippen LogP contribution in [0.25, 0.3) is 0 Å². The largest absolute Gasteiger partial charge is 0.481 e. The van der Waals surface area contributed by atoms with E-state index in [2.05, 4.69) is 10.6 Å². The van der Waals surface area contributed by atoms with Gasteiger partial charge in [0.05, 0.1) is 17.5 Å². The molecule has 0 saturated carbocycles. The molecule has 7 heteroatoms. The van der Waals surface area contributed by atoms with Crippen LogP contribution in [0.1, 0.15) is 19.8 Å². The highest BCUT2D eigenvalue weighted by atomic mass is 19.1. The molecule has 1 aromatic carbocycles. The highest BCUT2D eigenvalue weighted by Gasteiger charge is 2.34. The maximum absolute atomic E-state index is 13.8. The van der Waals surface area contributed by atoms with Crippen molar-refractivity contribution >= 4 is 29.2 Å². The first-order chi connectivity index (χ1) is 10.9. The molecule has 2 atom stereocenters. The monoisotopic (exact) mass is 320 g/mol. The van der Waals surface area contributed by atoms with Crippen LogP contribution in [-0.4, -0.2) is 22.9 Å². The molecule has 3 N–H and O–H groups in total. The molecule has 0 radical (unpaired) electrons. The smallest absolute Gasteiger partial charge is 0.307 e. The van der Waals surface area contributed by atoms with Gasteiger partial charge in [-0.15, -0.1) is 0 Å². The molecule has 0 heterocycles. The Hall–Kier alpha value is -2.70. The van der Waals surface area contributed by atoms with Gasteiger partial charge in [-0.25, -0.2) is 4.39 Å². The minimum atomic E-state index is -1.05. The van der Waals surface area contributed by atoms with Crippen molar-refractivity contribution in [1.82, 2.24) is 0 Å². The molecule has 1 aliphatic rings. The number of amides is 2. The molecule has 0 fully saturated rings. The van der Waals surface area contributed by atoms with Crippen LogP contribution in [0.3, 0.4) is 0 Å². The van der Waals surface area contributed by atoms with Crippen molar-refractivity contribution in [3.8, 4) is 0 Å². The molecule has 1 aromatic rings. The van der Waals surface area contributed by atoms with E-state index in [9.17, 15) is 23.9 Å². The van der Waals surface area contributed by atoms with Crippen molar-refractivity contribution in [1.29, 1.82) is 0 Å². The Morgan fingerprint density at radius 1 is 1.13 bits per heavy atom. The van der Waals surface area contributed by atoms with E-state index in [0.717, 1.165) is 6.07 Å². The summed E-state index contributed by atoms with van der Waals surface area (Å²) < 4.78 is 13.8. The molecule has 0 spiro atoms. The van der Waals surface area contributed by atoms with E-state index in [0.29, 0.717) is 5.69 Å². The average molecular weight is 320 g/mol. The van der Waals surface area contributed by atoms with E-state index in [-0.39, 0.29) is 24.4 Å². The number of hydrogen-bond donors (Lipinski definition) is 3. The predicted octanol–water partition coefficient (Wildman–Crippen LogP) is 2.39. The summed E-state index contributed by atoms with van der Waals surface area (Å²) in [4.78, 5) is 34.6. The van der Waals surface area contributed by atoms with E-state index in [1.807, 2.05) is 0 Å². The summed E-state index contributed by atoms with van der Waals surface area (Å²) in [7, 11) is 0. The van der Waals surface area contributed by atoms with Crippen LogP contribution in [0, 0.1) is 17.7 Å². The Balaban J connectivity index is 2.17. The van der Waals surface area contributed by atoms with Crippen LogP contribution < -0.4 is 10.6 Å². The first-order valence-electron chi connectivity index (χ1n) is 7.14. The summed E-state index contributed by atoms with van der Waals surface area (Å²) in [5.74, 6) is -4.19. The maximum atomic E-state index is 13.8. The molecule has 2 rings (SSSR count). The van der Waals surface area contributed by atoms with Crippen molar-refractivity contribution in [3.05, 3.63) is 36.2 Å². The standard InChI is InChI=1S/C16H17FN2O4/c1-9(20)18-10-6-7-13(17)14(8-10)19-15(21)11-4-2-3-5-12(11)16(22)23/h2-3,6-8,11-12H,4-5H2,1H3,(H,18,20)(H,19,21)(H,22,23)/t11-,12-/m1/s1. The number of allylic oxidation sites excluding steroid dienone is 2. The number of rotatable bonds is 4. The zero-order valence-corrected chi connectivity index (χ0v) is 12.5. The van der Waals surface area contributed by atoms with Crippen molar-refractivity contribution in [2.45, 2.75) is 19.8 Å². The number of aliphatic carboxylic acids is 1. The maximum Gasteiger partial charge on any atom is 0.307 e. The average Bonchev–Trinajstić information content (AvgIpc) is 2.50. The van der Waals surface area contributed by atoms with Crippen molar-refractivity contribution in [2.24, 2.45) is 11.8 Å². The third-order valence-corrected chi connectivity index (χ3v) is 3.63. The van der Waals surface area contributed by atoms with Crippen LogP contribution in [0.5, 0.6) is 0 Å². The molecular formula is C16H17FN2O4. The Labute approximate surface area is 132 Å². The molecular weight excluding hydrogens is 303 g/mol. The molecule has 0 aromatic heterocycles. The molecule has 0 unspecified atom stereocenters. The Bertz CT molecular complexity index is 672. The van der Waals surface area contributed by atoms with Crippen LogP contribution in [0.2, 0.25) is 0 Å². The second-order valence-electron chi connectivity index (χ2n) is 5.36. The lowest BCUT2D eigenvalue weighted by Crippen LogP contribution is -2.34. The van der Waals surface area contributed by atoms with Gasteiger partial charge in [0.25, 0.3) is 0 Å². The summed E-state index contributed by atoms with van der Waals surface area (Å²) in [5.41, 5.74) is 0.243. The van der Waals surface area contributed by atoms with Gasteiger partial charge in [-0.1, -0.05) is 12.2 Å². The Morgan fingerprint density at radius 2 is 1.78 bits per heavy atom. The fourth-order valence-corrected chi connectivity index (χ4v) is 2.50. The summed E-state index contributed by atoms with van der Waals surface area (Å²) >= 11 is 0. The van der Waals surface area contributed by atoms with Crippen molar-refractivity contribution < 1.29 is 23.9 Å². The van der Waals surface area contributed by atoms with Crippen LogP contribution >= 0.6 is 0 Å². The first-order valence-corrected chi connectivity index (χ1v) is 7.14. The molecule has 1 aliphatic carbocycles. The number of anilines is 2. The molecule has 2 amide bonds. The fourth-order valence-electron chi connectivity index (χ4n) is 2.50. The third kappa shape index (κ3) is 4.15. The predicted molar refractivity (Wildman–Crippen MR) is 82.3 cm³/mol. The topological polar surface area (TPSA) is 95.5 Å². The lowest BCUT2D eigenvalue weighted by Gasteiger charge is -2.24. The van der Waals surface area contributed by atoms with Gasteiger partial charge in [0.15, 0.2) is 0 Å². The minimum absolute atomic E-state index is 0.0973. The molecule has 0 saturated heterocycles. The van der Waals surface area contributed by atoms with E-state index >= 15 is 0 Å². The zero-order valence-electron chi connectivity index (χ0n) is 12.5. The van der Waals surface area contributed by atoms with Gasteiger partial charge in [0.1, 0.15) is 5.82 Å². The second kappa shape index (κ2) is 7.04. The summed E-state index contributed by atoms with van der Waals surface area (Å²) in [6.45, 7) is 1.31. The Morgan fingerprint density at radius 3 is 2.39 bits per heavy atom. The van der Waals surface area contributed by atoms with Crippen molar-refractivity contribution in [3.63, 3.8) is 0 Å². The minimum Gasteiger partial charge on any atom is -0.481 e. The molecule has 122 valence electrons. The normalized spacial score (nSPS) is 19.9. The number of benzene rings is 1. The third-order valence-electron chi connectivity index (χ3n) is 3.63. The van der Waals surface area contributed by atoms with E-state index in [4.69, 9.17) is 0 Å². The number of carboxylic acid groups (broad SMARTS) is 1. The number of halogens is 1. The summed E-state index contributed by atoms with van der Waals surface area (Å²) in [6.07, 6.45) is 4.02. The van der Waals surface area contributed by atoms with Gasteiger partial charge in [-0.05, 0) is 31.0 Å². The van der Waals surface area contributed by atoms with E-state index in [1.54, 1.807) is 12.2 Å². The van der Waals surface area contributed by atoms with Gasteiger partial charge < -0.3 is 15.7 Å². The van der Waals surface area contributed by atoms with Crippen LogP contribution in [0.15, 0.2) is 30.4 Å². The number of carbonyl (C=O) groups is 3. The van der Waals surface area contributed by atoms with Gasteiger partial charge in [-0.2, -0.15) is 0 Å². The lowest BCUT2D eigenvalue weighted by molar-refractivity contribution is -0.146. The van der Waals surface area contributed by atoms with Crippen LogP contribution in [0.4, 0.5) is 15.8 Å². The van der Waals surface area contributed by atoms with E-state index < -0.39 is 29.5 Å². The molecule has 0 bridgehead atoms. The van der Waals surface area contributed by atoms with E-state index in [1.165, 1.54) is 19.1 Å². The van der Waals surface area contributed by atoms with Gasteiger partial charge in [0, 0.05) is 12.6 Å². The number of carbonyl (C=O) groups excluding carboxylic acids is 2. The SMILES string of the molecule is CC(=O)Nc1ccc(F)c(NC(=O)[C@@H]2CC=CC[C@H]2C(=O)O)c1. The highest BCUT2D eigenvalue weighted by Crippen LogP contribution is 2.28. The molecule has 0 aliphatic heterocycles. The molecule has 6 nitrogen and oxygen atoms in total. The Kier molecular flexibility index (Phi) is 5.10. The quantitative estimate of drug-likeness (QED) is 0.742. The van der Waals surface area contributed by atoms with Gasteiger partial charge in [-0.3, -0.25) is 14.4 Å². The summed E-state index contributed by atoms with van der Waals surface area (Å²) in [5, 5.41) is 14.1.